The third kappa shape index (κ3) is 2.56. The molecule has 0 amide bonds. The molecule has 0 heterocycles. The van der Waals surface area contributed by atoms with E-state index in [1.807, 2.05) is 0 Å². The maximum atomic E-state index is 13.9. The van der Waals surface area contributed by atoms with Crippen LogP contribution in [0.3, 0.4) is 0 Å². The first-order valence-electron chi connectivity index (χ1n) is 5.46. The third-order valence-electron chi connectivity index (χ3n) is 2.65. The van der Waals surface area contributed by atoms with Gasteiger partial charge in [-0.3, -0.25) is 0 Å². The highest BCUT2D eigenvalue weighted by Crippen LogP contribution is 2.35. The number of rotatable bonds is 2. The molecule has 5 N–H and O–H groups in total. The molecule has 0 saturated carbocycles. The van der Waals surface area contributed by atoms with Crippen molar-refractivity contribution in [2.45, 2.75) is 6.92 Å². The Hall–Kier alpha value is -2.01. The van der Waals surface area contributed by atoms with Gasteiger partial charge in [-0.15, -0.1) is 0 Å². The smallest absolute Gasteiger partial charge is 0.169 e. The summed E-state index contributed by atoms with van der Waals surface area (Å²) in [6, 6.07) is 5.83. The maximum absolute atomic E-state index is 13.9. The number of benzene rings is 2. The van der Waals surface area contributed by atoms with Gasteiger partial charge < -0.3 is 16.8 Å². The van der Waals surface area contributed by atoms with Crippen molar-refractivity contribution in [1.29, 1.82) is 0 Å². The lowest BCUT2D eigenvalue weighted by atomic mass is 10.2. The normalized spacial score (nSPS) is 10.5. The predicted octanol–water partition coefficient (Wildman–Crippen LogP) is 3.83. The SMILES string of the molecule is Cc1ccc(Nc2c(N)cc(N)c(Cl)c2F)c(F)c1. The molecule has 0 aliphatic carbocycles. The minimum atomic E-state index is -0.806. The summed E-state index contributed by atoms with van der Waals surface area (Å²) in [7, 11) is 0. The fraction of sp³-hybridized carbons (Fsp3) is 0.0769. The topological polar surface area (TPSA) is 64.1 Å². The minimum absolute atomic E-state index is 0.0339. The molecule has 19 heavy (non-hydrogen) atoms. The molecule has 0 aliphatic rings. The van der Waals surface area contributed by atoms with Crippen LogP contribution in [0.2, 0.25) is 5.02 Å². The van der Waals surface area contributed by atoms with Gasteiger partial charge in [-0.2, -0.15) is 0 Å². The lowest BCUT2D eigenvalue weighted by Gasteiger charge is -2.13. The summed E-state index contributed by atoms with van der Waals surface area (Å²) in [4.78, 5) is 0. The van der Waals surface area contributed by atoms with Crippen LogP contribution in [0.5, 0.6) is 0 Å². The molecular weight excluding hydrogens is 272 g/mol. The number of nitrogen functional groups attached to an aromatic ring is 2. The zero-order valence-electron chi connectivity index (χ0n) is 10.1. The van der Waals surface area contributed by atoms with E-state index in [-0.39, 0.29) is 27.8 Å². The van der Waals surface area contributed by atoms with E-state index in [1.165, 1.54) is 18.2 Å². The molecule has 100 valence electrons. The first kappa shape index (κ1) is 13.4. The van der Waals surface area contributed by atoms with Crippen LogP contribution >= 0.6 is 11.6 Å². The van der Waals surface area contributed by atoms with E-state index in [1.54, 1.807) is 13.0 Å². The van der Waals surface area contributed by atoms with Crippen molar-refractivity contribution in [3.8, 4) is 0 Å². The van der Waals surface area contributed by atoms with Crippen LogP contribution in [0.15, 0.2) is 24.3 Å². The molecule has 6 heteroatoms. The number of nitrogens with one attached hydrogen (secondary N) is 1. The molecule has 0 aliphatic heterocycles. The van der Waals surface area contributed by atoms with Gasteiger partial charge in [0.05, 0.1) is 22.7 Å². The van der Waals surface area contributed by atoms with Crippen molar-refractivity contribution in [3.05, 3.63) is 46.5 Å². The first-order valence-corrected chi connectivity index (χ1v) is 5.84. The number of nitrogens with two attached hydrogens (primary N) is 2. The Bertz CT molecular complexity index is 644. The van der Waals surface area contributed by atoms with E-state index >= 15 is 0 Å². The summed E-state index contributed by atoms with van der Waals surface area (Å²) >= 11 is 5.70. The van der Waals surface area contributed by atoms with Crippen LogP contribution in [0.4, 0.5) is 31.5 Å². The molecular formula is C13H12ClF2N3. The maximum Gasteiger partial charge on any atom is 0.169 e. The average molecular weight is 284 g/mol. The fourth-order valence-corrected chi connectivity index (χ4v) is 1.80. The summed E-state index contributed by atoms with van der Waals surface area (Å²) in [6.07, 6.45) is 0. The highest BCUT2D eigenvalue weighted by atomic mass is 35.5. The summed E-state index contributed by atoms with van der Waals surface area (Å²) in [6.45, 7) is 1.75. The van der Waals surface area contributed by atoms with Crippen molar-refractivity contribution in [2.24, 2.45) is 0 Å². The van der Waals surface area contributed by atoms with E-state index in [0.29, 0.717) is 0 Å². The Morgan fingerprint density at radius 1 is 1.11 bits per heavy atom. The van der Waals surface area contributed by atoms with Gasteiger partial charge in [-0.1, -0.05) is 17.7 Å². The van der Waals surface area contributed by atoms with Crippen LogP contribution in [0.1, 0.15) is 5.56 Å². The van der Waals surface area contributed by atoms with Crippen molar-refractivity contribution < 1.29 is 8.78 Å². The van der Waals surface area contributed by atoms with Crippen LogP contribution in [0.25, 0.3) is 0 Å². The molecule has 2 aromatic rings. The van der Waals surface area contributed by atoms with Gasteiger partial charge in [0.1, 0.15) is 10.8 Å². The third-order valence-corrected chi connectivity index (χ3v) is 3.03. The molecule has 3 nitrogen and oxygen atoms in total. The monoisotopic (exact) mass is 283 g/mol. The van der Waals surface area contributed by atoms with Gasteiger partial charge in [0.25, 0.3) is 0 Å². The highest BCUT2D eigenvalue weighted by Gasteiger charge is 2.15. The Morgan fingerprint density at radius 2 is 1.79 bits per heavy atom. The number of hydrogen-bond acceptors (Lipinski definition) is 3. The van der Waals surface area contributed by atoms with Gasteiger partial charge in [0.15, 0.2) is 5.82 Å². The molecule has 0 spiro atoms. The zero-order valence-corrected chi connectivity index (χ0v) is 10.9. The second-order valence-electron chi connectivity index (χ2n) is 4.17. The zero-order chi connectivity index (χ0) is 14.2. The largest absolute Gasteiger partial charge is 0.397 e. The molecule has 0 atom stereocenters. The minimum Gasteiger partial charge on any atom is -0.397 e. The predicted molar refractivity (Wildman–Crippen MR) is 74.7 cm³/mol. The highest BCUT2D eigenvalue weighted by molar-refractivity contribution is 6.33. The van der Waals surface area contributed by atoms with Crippen LogP contribution in [0, 0.1) is 18.6 Å². The standard InChI is InChI=1S/C13H12ClF2N3/c1-6-2-3-10(7(15)4-6)19-13-9(18)5-8(17)11(14)12(13)16/h2-5,19H,17-18H2,1H3. The summed E-state index contributed by atoms with van der Waals surface area (Å²) < 4.78 is 27.6. The Balaban J connectivity index is 2.47. The summed E-state index contributed by atoms with van der Waals surface area (Å²) in [5.74, 6) is -1.31. The number of halogens is 3. The molecule has 0 radical (unpaired) electrons. The quantitative estimate of drug-likeness (QED) is 0.734. The van der Waals surface area contributed by atoms with E-state index in [9.17, 15) is 8.78 Å². The molecule has 2 aromatic carbocycles. The molecule has 0 fully saturated rings. The number of anilines is 4. The van der Waals surface area contributed by atoms with Crippen LogP contribution in [-0.2, 0) is 0 Å². The van der Waals surface area contributed by atoms with Gasteiger partial charge >= 0.3 is 0 Å². The number of hydrogen-bond donors (Lipinski definition) is 3. The van der Waals surface area contributed by atoms with Gasteiger partial charge in [0, 0.05) is 0 Å². The van der Waals surface area contributed by atoms with E-state index < -0.39 is 11.6 Å². The molecule has 0 aromatic heterocycles. The molecule has 0 unspecified atom stereocenters. The summed E-state index contributed by atoms with van der Waals surface area (Å²) in [5.41, 5.74) is 12.0. The summed E-state index contributed by atoms with van der Waals surface area (Å²) in [5, 5.41) is 2.34. The lowest BCUT2D eigenvalue weighted by Crippen LogP contribution is -2.03. The average Bonchev–Trinajstić information content (AvgIpc) is 2.34. The van der Waals surface area contributed by atoms with Crippen LogP contribution in [-0.4, -0.2) is 0 Å². The van der Waals surface area contributed by atoms with Crippen molar-refractivity contribution in [2.75, 3.05) is 16.8 Å². The Morgan fingerprint density at radius 3 is 2.42 bits per heavy atom. The van der Waals surface area contributed by atoms with Crippen molar-refractivity contribution in [3.63, 3.8) is 0 Å². The second kappa shape index (κ2) is 4.93. The second-order valence-corrected chi connectivity index (χ2v) is 4.54. The van der Waals surface area contributed by atoms with Gasteiger partial charge in [-0.25, -0.2) is 8.78 Å². The van der Waals surface area contributed by atoms with Crippen molar-refractivity contribution >= 4 is 34.4 Å². The van der Waals surface area contributed by atoms with Gasteiger partial charge in [-0.05, 0) is 30.7 Å². The molecule has 2 rings (SSSR count). The van der Waals surface area contributed by atoms with E-state index in [0.717, 1.165) is 5.56 Å². The molecule has 0 bridgehead atoms. The fourth-order valence-electron chi connectivity index (χ4n) is 1.65. The Labute approximate surface area is 114 Å². The molecule has 0 saturated heterocycles. The first-order chi connectivity index (χ1) is 8.90. The van der Waals surface area contributed by atoms with E-state index in [2.05, 4.69) is 5.32 Å². The lowest BCUT2D eigenvalue weighted by molar-refractivity contribution is 0.625. The van der Waals surface area contributed by atoms with Gasteiger partial charge in [0.2, 0.25) is 0 Å². The van der Waals surface area contributed by atoms with Crippen LogP contribution < -0.4 is 16.8 Å². The van der Waals surface area contributed by atoms with Crippen molar-refractivity contribution in [1.82, 2.24) is 0 Å². The Kier molecular flexibility index (Phi) is 3.48. The van der Waals surface area contributed by atoms with E-state index in [4.69, 9.17) is 23.1 Å². The number of aryl methyl sites for hydroxylation is 1.